The molecule has 4 nitrogen and oxygen atoms in total. The van der Waals surface area contributed by atoms with Crippen LogP contribution in [0.25, 0.3) is 9.88 Å². The summed E-state index contributed by atoms with van der Waals surface area (Å²) in [5.41, 5.74) is -0.486. The van der Waals surface area contributed by atoms with Crippen molar-refractivity contribution in [2.45, 2.75) is 32.8 Å². The number of carbonyl (C=O) groups excluding carboxylic acids is 1. The molecule has 114 valence electrons. The fraction of sp³-hybridized carbons (Fsp3) is 0.467. The van der Waals surface area contributed by atoms with E-state index in [0.717, 1.165) is 9.88 Å². The van der Waals surface area contributed by atoms with Gasteiger partial charge in [0.25, 0.3) is 5.91 Å². The average molecular weight is 324 g/mol. The third kappa shape index (κ3) is 4.62. The molecule has 0 fully saturated rings. The number of aromatic nitrogens is 1. The molecule has 0 aromatic carbocycles. The number of thiazole rings is 1. The zero-order chi connectivity index (χ0) is 15.5. The van der Waals surface area contributed by atoms with E-state index >= 15 is 0 Å². The highest BCUT2D eigenvalue weighted by atomic mass is 32.1. The van der Waals surface area contributed by atoms with Crippen LogP contribution in [-0.4, -0.2) is 28.1 Å². The summed E-state index contributed by atoms with van der Waals surface area (Å²) in [6.45, 7) is 6.06. The van der Waals surface area contributed by atoms with Crippen LogP contribution < -0.4 is 5.32 Å². The molecule has 1 atom stereocenters. The predicted molar refractivity (Wildman–Crippen MR) is 87.8 cm³/mol. The predicted octanol–water partition coefficient (Wildman–Crippen LogP) is 3.40. The van der Waals surface area contributed by atoms with Gasteiger partial charge in [-0.3, -0.25) is 4.79 Å². The fourth-order valence-electron chi connectivity index (χ4n) is 2.20. The van der Waals surface area contributed by atoms with Gasteiger partial charge in [-0.05, 0) is 30.7 Å². The number of thiophene rings is 1. The van der Waals surface area contributed by atoms with Crippen LogP contribution in [0.1, 0.15) is 37.7 Å². The standard InChI is InChI=1S/C15H20N2O2S2/c1-10(2)7-15(3,19)9-16-13(18)11-8-21-14(17-11)12-5-4-6-20-12/h4-6,8,10,19H,7,9H2,1-3H3,(H,16,18). The highest BCUT2D eigenvalue weighted by molar-refractivity contribution is 7.20. The van der Waals surface area contributed by atoms with Gasteiger partial charge < -0.3 is 10.4 Å². The normalized spacial score (nSPS) is 14.1. The number of nitrogens with one attached hydrogen (secondary N) is 1. The van der Waals surface area contributed by atoms with Gasteiger partial charge in [0.15, 0.2) is 0 Å². The Hall–Kier alpha value is -1.24. The van der Waals surface area contributed by atoms with E-state index in [0.29, 0.717) is 18.0 Å². The van der Waals surface area contributed by atoms with Gasteiger partial charge in [-0.25, -0.2) is 4.98 Å². The molecule has 2 aromatic heterocycles. The molecule has 0 aliphatic carbocycles. The number of hydrogen-bond donors (Lipinski definition) is 2. The summed E-state index contributed by atoms with van der Waals surface area (Å²) in [6, 6.07) is 3.95. The largest absolute Gasteiger partial charge is 0.388 e. The Morgan fingerprint density at radius 2 is 2.24 bits per heavy atom. The lowest BCUT2D eigenvalue weighted by Gasteiger charge is -2.25. The van der Waals surface area contributed by atoms with Gasteiger partial charge in [0.2, 0.25) is 0 Å². The van der Waals surface area contributed by atoms with E-state index in [2.05, 4.69) is 10.3 Å². The first-order valence-electron chi connectivity index (χ1n) is 6.87. The Labute approximate surface area is 132 Å². The molecule has 1 amide bonds. The number of aliphatic hydroxyl groups is 1. The molecule has 0 aliphatic rings. The molecule has 2 rings (SSSR count). The van der Waals surface area contributed by atoms with Crippen LogP contribution in [0.3, 0.4) is 0 Å². The maximum Gasteiger partial charge on any atom is 0.270 e. The highest BCUT2D eigenvalue weighted by Gasteiger charge is 2.23. The third-order valence-electron chi connectivity index (χ3n) is 2.95. The zero-order valence-electron chi connectivity index (χ0n) is 12.4. The first-order valence-corrected chi connectivity index (χ1v) is 8.63. The van der Waals surface area contributed by atoms with Gasteiger partial charge in [-0.2, -0.15) is 0 Å². The van der Waals surface area contributed by atoms with Gasteiger partial charge in [0.1, 0.15) is 10.7 Å². The van der Waals surface area contributed by atoms with E-state index in [1.807, 2.05) is 31.4 Å². The minimum atomic E-state index is -0.892. The van der Waals surface area contributed by atoms with Crippen molar-refractivity contribution in [3.05, 3.63) is 28.6 Å². The molecule has 21 heavy (non-hydrogen) atoms. The minimum Gasteiger partial charge on any atom is -0.388 e. The van der Waals surface area contributed by atoms with Crippen molar-refractivity contribution in [2.75, 3.05) is 6.54 Å². The maximum atomic E-state index is 12.1. The molecule has 1 unspecified atom stereocenters. The zero-order valence-corrected chi connectivity index (χ0v) is 14.1. The third-order valence-corrected chi connectivity index (χ3v) is 4.83. The lowest BCUT2D eigenvalue weighted by Crippen LogP contribution is -2.41. The Bertz CT molecular complexity index is 589. The van der Waals surface area contributed by atoms with Crippen LogP contribution in [0.2, 0.25) is 0 Å². The minimum absolute atomic E-state index is 0.232. The second-order valence-electron chi connectivity index (χ2n) is 5.79. The average Bonchev–Trinajstić information content (AvgIpc) is 3.04. The van der Waals surface area contributed by atoms with E-state index in [1.54, 1.807) is 23.6 Å². The molecule has 2 heterocycles. The monoisotopic (exact) mass is 324 g/mol. The molecule has 0 aliphatic heterocycles. The highest BCUT2D eigenvalue weighted by Crippen LogP contribution is 2.27. The van der Waals surface area contributed by atoms with E-state index in [9.17, 15) is 9.90 Å². The van der Waals surface area contributed by atoms with Crippen molar-refractivity contribution in [3.8, 4) is 9.88 Å². The van der Waals surface area contributed by atoms with Crippen molar-refractivity contribution >= 4 is 28.6 Å². The fourth-order valence-corrected chi connectivity index (χ4v) is 3.82. The molecule has 2 N–H and O–H groups in total. The summed E-state index contributed by atoms with van der Waals surface area (Å²) in [5, 5.41) is 17.6. The van der Waals surface area contributed by atoms with Crippen molar-refractivity contribution in [2.24, 2.45) is 5.92 Å². The van der Waals surface area contributed by atoms with E-state index in [-0.39, 0.29) is 12.5 Å². The molecule has 0 saturated carbocycles. The second kappa shape index (κ2) is 6.68. The van der Waals surface area contributed by atoms with Crippen molar-refractivity contribution < 1.29 is 9.90 Å². The molecule has 0 spiro atoms. The Balaban J connectivity index is 1.95. The summed E-state index contributed by atoms with van der Waals surface area (Å²) in [6.07, 6.45) is 0.644. The molecular formula is C15H20N2O2S2. The van der Waals surface area contributed by atoms with Gasteiger partial charge >= 0.3 is 0 Å². The Kier molecular flexibility index (Phi) is 5.13. The number of hydrogen-bond acceptors (Lipinski definition) is 5. The van der Waals surface area contributed by atoms with Crippen LogP contribution in [0.15, 0.2) is 22.9 Å². The smallest absolute Gasteiger partial charge is 0.270 e. The lowest BCUT2D eigenvalue weighted by molar-refractivity contribution is 0.0367. The molecule has 0 saturated heterocycles. The number of amides is 1. The topological polar surface area (TPSA) is 62.2 Å². The van der Waals surface area contributed by atoms with Gasteiger partial charge in [-0.1, -0.05) is 19.9 Å². The van der Waals surface area contributed by atoms with E-state index in [1.165, 1.54) is 11.3 Å². The lowest BCUT2D eigenvalue weighted by atomic mass is 9.94. The number of rotatable bonds is 6. The quantitative estimate of drug-likeness (QED) is 0.856. The Morgan fingerprint density at radius 1 is 1.48 bits per heavy atom. The van der Waals surface area contributed by atoms with Crippen molar-refractivity contribution in [1.82, 2.24) is 10.3 Å². The first kappa shape index (κ1) is 16.1. The second-order valence-corrected chi connectivity index (χ2v) is 7.60. The van der Waals surface area contributed by atoms with Crippen LogP contribution >= 0.6 is 22.7 Å². The summed E-state index contributed by atoms with van der Waals surface area (Å²) in [7, 11) is 0. The first-order chi connectivity index (χ1) is 9.87. The summed E-state index contributed by atoms with van der Waals surface area (Å²) in [5.74, 6) is 0.139. The molecule has 0 radical (unpaired) electrons. The molecule has 2 aromatic rings. The van der Waals surface area contributed by atoms with E-state index in [4.69, 9.17) is 0 Å². The van der Waals surface area contributed by atoms with Crippen LogP contribution in [0.5, 0.6) is 0 Å². The van der Waals surface area contributed by atoms with Gasteiger partial charge in [-0.15, -0.1) is 22.7 Å². The van der Waals surface area contributed by atoms with Crippen LogP contribution in [0, 0.1) is 5.92 Å². The van der Waals surface area contributed by atoms with E-state index < -0.39 is 5.60 Å². The molecule has 0 bridgehead atoms. The summed E-state index contributed by atoms with van der Waals surface area (Å²) in [4.78, 5) is 17.5. The van der Waals surface area contributed by atoms with Gasteiger partial charge in [0.05, 0.1) is 10.5 Å². The van der Waals surface area contributed by atoms with Crippen molar-refractivity contribution in [1.29, 1.82) is 0 Å². The van der Waals surface area contributed by atoms with Crippen LogP contribution in [-0.2, 0) is 0 Å². The molecule has 6 heteroatoms. The number of carbonyl (C=O) groups is 1. The Morgan fingerprint density at radius 3 is 2.86 bits per heavy atom. The summed E-state index contributed by atoms with van der Waals surface area (Å²) >= 11 is 3.06. The van der Waals surface area contributed by atoms with Gasteiger partial charge in [0, 0.05) is 11.9 Å². The molecular weight excluding hydrogens is 304 g/mol. The summed E-state index contributed by atoms with van der Waals surface area (Å²) < 4.78 is 0. The maximum absolute atomic E-state index is 12.1. The SMILES string of the molecule is CC(C)CC(C)(O)CNC(=O)c1csc(-c2cccs2)n1. The van der Waals surface area contributed by atoms with Crippen molar-refractivity contribution in [3.63, 3.8) is 0 Å². The number of nitrogens with zero attached hydrogens (tertiary/aromatic N) is 1. The van der Waals surface area contributed by atoms with Crippen LogP contribution in [0.4, 0.5) is 0 Å².